The van der Waals surface area contributed by atoms with Gasteiger partial charge in [0.2, 0.25) is 0 Å². The average molecular weight is 245 g/mol. The molecular weight excluding hydrogens is 229 g/mol. The van der Waals surface area contributed by atoms with Crippen LogP contribution >= 0.6 is 0 Å². The fourth-order valence-electron chi connectivity index (χ4n) is 1.85. The standard InChI is InChI=1S/C14H16FN3/c1-10(6-11-2-4-12(15)5-3-11)18-14-7-13(16)8-17-9-14/h2-5,7-10,18H,6,16H2,1H3. The predicted octanol–water partition coefficient (Wildman–Crippen LogP) is 2.85. The Morgan fingerprint density at radius 1 is 1.28 bits per heavy atom. The van der Waals surface area contributed by atoms with Crippen molar-refractivity contribution in [2.45, 2.75) is 19.4 Å². The summed E-state index contributed by atoms with van der Waals surface area (Å²) in [6, 6.07) is 8.61. The van der Waals surface area contributed by atoms with Crippen molar-refractivity contribution in [3.05, 3.63) is 54.1 Å². The summed E-state index contributed by atoms with van der Waals surface area (Å²) in [7, 11) is 0. The van der Waals surface area contributed by atoms with E-state index in [1.807, 2.05) is 6.07 Å². The Kier molecular flexibility index (Phi) is 3.77. The zero-order valence-corrected chi connectivity index (χ0v) is 10.2. The van der Waals surface area contributed by atoms with Crippen molar-refractivity contribution in [3.63, 3.8) is 0 Å². The van der Waals surface area contributed by atoms with E-state index in [4.69, 9.17) is 5.73 Å². The summed E-state index contributed by atoms with van der Waals surface area (Å²) >= 11 is 0. The molecular formula is C14H16FN3. The number of hydrogen-bond acceptors (Lipinski definition) is 3. The van der Waals surface area contributed by atoms with Crippen molar-refractivity contribution in [1.82, 2.24) is 4.98 Å². The number of benzene rings is 1. The van der Waals surface area contributed by atoms with Crippen LogP contribution in [0.3, 0.4) is 0 Å². The number of anilines is 2. The molecule has 3 nitrogen and oxygen atoms in total. The van der Waals surface area contributed by atoms with Crippen LogP contribution in [0.15, 0.2) is 42.7 Å². The van der Waals surface area contributed by atoms with Crippen LogP contribution in [0, 0.1) is 5.82 Å². The second-order valence-electron chi connectivity index (χ2n) is 4.38. The van der Waals surface area contributed by atoms with Gasteiger partial charge in [0.15, 0.2) is 0 Å². The highest BCUT2D eigenvalue weighted by Gasteiger charge is 2.04. The van der Waals surface area contributed by atoms with Gasteiger partial charge in [0, 0.05) is 12.2 Å². The summed E-state index contributed by atoms with van der Waals surface area (Å²) in [5.74, 6) is -0.209. The Morgan fingerprint density at radius 3 is 2.67 bits per heavy atom. The van der Waals surface area contributed by atoms with Crippen molar-refractivity contribution in [2.24, 2.45) is 0 Å². The van der Waals surface area contributed by atoms with Gasteiger partial charge >= 0.3 is 0 Å². The first-order valence-electron chi connectivity index (χ1n) is 5.85. The smallest absolute Gasteiger partial charge is 0.123 e. The van der Waals surface area contributed by atoms with Gasteiger partial charge in [-0.2, -0.15) is 0 Å². The zero-order chi connectivity index (χ0) is 13.0. The van der Waals surface area contributed by atoms with E-state index in [2.05, 4.69) is 17.2 Å². The largest absolute Gasteiger partial charge is 0.397 e. The van der Waals surface area contributed by atoms with E-state index in [1.54, 1.807) is 24.5 Å². The molecule has 0 saturated carbocycles. The highest BCUT2D eigenvalue weighted by atomic mass is 19.1. The van der Waals surface area contributed by atoms with Crippen molar-refractivity contribution in [2.75, 3.05) is 11.1 Å². The number of halogens is 1. The molecule has 0 amide bonds. The quantitative estimate of drug-likeness (QED) is 0.870. The van der Waals surface area contributed by atoms with Crippen LogP contribution in [0.2, 0.25) is 0 Å². The Morgan fingerprint density at radius 2 is 2.00 bits per heavy atom. The molecule has 1 unspecified atom stereocenters. The number of rotatable bonds is 4. The average Bonchev–Trinajstić information content (AvgIpc) is 2.32. The lowest BCUT2D eigenvalue weighted by atomic mass is 10.1. The molecule has 1 aromatic carbocycles. The van der Waals surface area contributed by atoms with Gasteiger partial charge in [-0.1, -0.05) is 12.1 Å². The lowest BCUT2D eigenvalue weighted by Gasteiger charge is -2.15. The molecule has 3 N–H and O–H groups in total. The molecule has 0 saturated heterocycles. The number of pyridine rings is 1. The molecule has 2 aromatic rings. The molecule has 4 heteroatoms. The van der Waals surface area contributed by atoms with Crippen molar-refractivity contribution in [1.29, 1.82) is 0 Å². The highest BCUT2D eigenvalue weighted by Crippen LogP contribution is 2.13. The summed E-state index contributed by atoms with van der Waals surface area (Å²) in [6.45, 7) is 2.06. The molecule has 0 aliphatic carbocycles. The number of nitrogens with one attached hydrogen (secondary N) is 1. The fraction of sp³-hybridized carbons (Fsp3) is 0.214. The normalized spacial score (nSPS) is 12.1. The van der Waals surface area contributed by atoms with Gasteiger partial charge in [-0.15, -0.1) is 0 Å². The summed E-state index contributed by atoms with van der Waals surface area (Å²) in [5, 5.41) is 3.31. The number of hydrogen-bond donors (Lipinski definition) is 2. The third kappa shape index (κ3) is 3.45. The van der Waals surface area contributed by atoms with Gasteiger partial charge in [0.05, 0.1) is 17.6 Å². The molecule has 18 heavy (non-hydrogen) atoms. The van der Waals surface area contributed by atoms with Gasteiger partial charge in [-0.25, -0.2) is 4.39 Å². The minimum absolute atomic E-state index is 0.209. The molecule has 0 bridgehead atoms. The van der Waals surface area contributed by atoms with Gasteiger partial charge in [0.25, 0.3) is 0 Å². The molecule has 0 radical (unpaired) electrons. The van der Waals surface area contributed by atoms with Crippen LogP contribution in [0.25, 0.3) is 0 Å². The van der Waals surface area contributed by atoms with Gasteiger partial charge in [-0.05, 0) is 37.1 Å². The Bertz CT molecular complexity index is 511. The third-order valence-electron chi connectivity index (χ3n) is 2.63. The van der Waals surface area contributed by atoms with Crippen LogP contribution < -0.4 is 11.1 Å². The monoisotopic (exact) mass is 245 g/mol. The number of nitrogens with zero attached hydrogens (tertiary/aromatic N) is 1. The van der Waals surface area contributed by atoms with Crippen LogP contribution in [-0.4, -0.2) is 11.0 Å². The molecule has 1 atom stereocenters. The minimum atomic E-state index is -0.209. The van der Waals surface area contributed by atoms with E-state index in [1.165, 1.54) is 12.1 Å². The molecule has 1 heterocycles. The zero-order valence-electron chi connectivity index (χ0n) is 10.2. The summed E-state index contributed by atoms with van der Waals surface area (Å²) < 4.78 is 12.8. The number of aromatic nitrogens is 1. The van der Waals surface area contributed by atoms with E-state index in [9.17, 15) is 4.39 Å². The first kappa shape index (κ1) is 12.4. The molecule has 1 aromatic heterocycles. The van der Waals surface area contributed by atoms with Crippen LogP contribution in [0.5, 0.6) is 0 Å². The number of nitrogens with two attached hydrogens (primary N) is 1. The lowest BCUT2D eigenvalue weighted by Crippen LogP contribution is -2.18. The van der Waals surface area contributed by atoms with Gasteiger partial charge in [-0.3, -0.25) is 4.98 Å². The molecule has 0 spiro atoms. The first-order valence-corrected chi connectivity index (χ1v) is 5.85. The van der Waals surface area contributed by atoms with E-state index in [0.717, 1.165) is 17.7 Å². The van der Waals surface area contributed by atoms with Crippen LogP contribution in [0.1, 0.15) is 12.5 Å². The van der Waals surface area contributed by atoms with Crippen molar-refractivity contribution >= 4 is 11.4 Å². The Hall–Kier alpha value is -2.10. The van der Waals surface area contributed by atoms with Crippen LogP contribution in [0.4, 0.5) is 15.8 Å². The maximum atomic E-state index is 12.8. The predicted molar refractivity (Wildman–Crippen MR) is 71.8 cm³/mol. The van der Waals surface area contributed by atoms with Crippen molar-refractivity contribution in [3.8, 4) is 0 Å². The second kappa shape index (κ2) is 5.49. The second-order valence-corrected chi connectivity index (χ2v) is 4.38. The van der Waals surface area contributed by atoms with E-state index >= 15 is 0 Å². The van der Waals surface area contributed by atoms with Gasteiger partial charge < -0.3 is 11.1 Å². The maximum absolute atomic E-state index is 12.8. The summed E-state index contributed by atoms with van der Waals surface area (Å²) in [6.07, 6.45) is 4.16. The van der Waals surface area contributed by atoms with Crippen molar-refractivity contribution < 1.29 is 4.39 Å². The molecule has 94 valence electrons. The fourth-order valence-corrected chi connectivity index (χ4v) is 1.85. The topological polar surface area (TPSA) is 50.9 Å². The third-order valence-corrected chi connectivity index (χ3v) is 2.63. The molecule has 0 aliphatic heterocycles. The van der Waals surface area contributed by atoms with E-state index in [-0.39, 0.29) is 11.9 Å². The van der Waals surface area contributed by atoms with Crippen LogP contribution in [-0.2, 0) is 6.42 Å². The summed E-state index contributed by atoms with van der Waals surface area (Å²) in [5.41, 5.74) is 8.28. The molecule has 0 aliphatic rings. The van der Waals surface area contributed by atoms with E-state index < -0.39 is 0 Å². The molecule has 2 rings (SSSR count). The minimum Gasteiger partial charge on any atom is -0.397 e. The highest BCUT2D eigenvalue weighted by molar-refractivity contribution is 5.51. The number of nitrogen functional groups attached to an aromatic ring is 1. The maximum Gasteiger partial charge on any atom is 0.123 e. The summed E-state index contributed by atoms with van der Waals surface area (Å²) in [4.78, 5) is 4.02. The Balaban J connectivity index is 1.96. The van der Waals surface area contributed by atoms with Gasteiger partial charge in [0.1, 0.15) is 5.82 Å². The van der Waals surface area contributed by atoms with E-state index in [0.29, 0.717) is 5.69 Å². The SMILES string of the molecule is CC(Cc1ccc(F)cc1)Nc1cncc(N)c1. The first-order chi connectivity index (χ1) is 8.63. The lowest BCUT2D eigenvalue weighted by molar-refractivity contribution is 0.626. The Labute approximate surface area is 106 Å². The molecule has 0 fully saturated rings.